The molecule has 4 nitrogen and oxygen atoms in total. The minimum Gasteiger partial charge on any atom is -0.872 e. The highest BCUT2D eigenvalue weighted by Gasteiger charge is 2.40. The van der Waals surface area contributed by atoms with Crippen LogP contribution in [0.15, 0.2) is 194 Å². The van der Waals surface area contributed by atoms with E-state index in [1.807, 2.05) is 69.3 Å². The van der Waals surface area contributed by atoms with Gasteiger partial charge in [0.25, 0.3) is 0 Å². The van der Waals surface area contributed by atoms with Crippen LogP contribution >= 0.6 is 7.26 Å². The first-order valence-corrected chi connectivity index (χ1v) is 23.6. The summed E-state index contributed by atoms with van der Waals surface area (Å²) in [5.41, 5.74) is 10.4. The summed E-state index contributed by atoms with van der Waals surface area (Å²) >= 11 is 0. The Bertz CT molecular complexity index is 2480. The van der Waals surface area contributed by atoms with E-state index in [9.17, 15) is 20.4 Å². The SMILES string of the molecule is Cc1ccc(O)c(Cc2cccc(C(C)c3cccc(Cc4cc(C)ccc4O)c3O)c2[O-])c1.c1ccc(C[P+](Cc2ccccc2)(Cc2ccccc2)c2ccccc2)cc1. The maximum atomic E-state index is 13.4. The van der Waals surface area contributed by atoms with Crippen LogP contribution in [0.1, 0.15) is 74.0 Å². The Morgan fingerprint density at radius 1 is 0.435 bits per heavy atom. The molecule has 0 radical (unpaired) electrons. The van der Waals surface area contributed by atoms with E-state index in [1.54, 1.807) is 24.3 Å². The molecule has 312 valence electrons. The molecule has 62 heavy (non-hydrogen) atoms. The zero-order valence-electron chi connectivity index (χ0n) is 35.8. The Labute approximate surface area is 367 Å². The van der Waals surface area contributed by atoms with Gasteiger partial charge in [0.1, 0.15) is 17.2 Å². The van der Waals surface area contributed by atoms with Gasteiger partial charge in [0, 0.05) is 24.3 Å². The highest BCUT2D eigenvalue weighted by atomic mass is 31.2. The number of benzene rings is 8. The standard InChI is InChI=1S/C30H30O4.C27H26P/c1-18-10-12-27(31)23(14-18)16-21-6-4-8-25(29(21)33)20(3)26-9-5-7-22(30(26)34)17-24-15-19(2)11-13-28(24)32;1-5-13-24(14-6-1)21-28(27-19-11-4-12-20-27,22-25-15-7-2-8-16-25)23-26-17-9-3-10-18-26/h4-15,20,31-34H,16-17H2,1-3H3;1-20H,21-23H2/q;+1/p-1. The van der Waals surface area contributed by atoms with Crippen molar-refractivity contribution in [3.8, 4) is 23.0 Å². The second-order valence-corrected chi connectivity index (χ2v) is 20.2. The van der Waals surface area contributed by atoms with Crippen LogP contribution in [0.2, 0.25) is 0 Å². The number of aromatic hydroxyl groups is 3. The van der Waals surface area contributed by atoms with E-state index in [-0.39, 0.29) is 28.9 Å². The highest BCUT2D eigenvalue weighted by molar-refractivity contribution is 7.80. The fourth-order valence-corrected chi connectivity index (χ4v) is 12.9. The van der Waals surface area contributed by atoms with Crippen LogP contribution in [-0.2, 0) is 31.3 Å². The van der Waals surface area contributed by atoms with Gasteiger partial charge in [-0.2, -0.15) is 0 Å². The number of hydrogen-bond donors (Lipinski definition) is 3. The molecule has 0 aliphatic heterocycles. The second kappa shape index (κ2) is 20.3. The van der Waals surface area contributed by atoms with E-state index < -0.39 is 7.26 Å². The molecule has 0 amide bonds. The van der Waals surface area contributed by atoms with Gasteiger partial charge >= 0.3 is 0 Å². The molecule has 1 unspecified atom stereocenters. The normalized spacial score (nSPS) is 11.7. The third-order valence-corrected chi connectivity index (χ3v) is 16.0. The molecule has 0 saturated carbocycles. The third-order valence-electron chi connectivity index (χ3n) is 11.7. The summed E-state index contributed by atoms with van der Waals surface area (Å²) in [4.78, 5) is 0. The molecule has 8 aromatic rings. The third kappa shape index (κ3) is 10.8. The lowest BCUT2D eigenvalue weighted by Crippen LogP contribution is -2.17. The lowest BCUT2D eigenvalue weighted by atomic mass is 9.87. The Hall–Kier alpha value is -6.61. The fourth-order valence-electron chi connectivity index (χ4n) is 8.46. The Balaban J connectivity index is 0.000000190. The van der Waals surface area contributed by atoms with Crippen molar-refractivity contribution in [3.05, 3.63) is 255 Å². The van der Waals surface area contributed by atoms with E-state index in [0.29, 0.717) is 40.7 Å². The summed E-state index contributed by atoms with van der Waals surface area (Å²) in [7, 11) is -1.51. The molecule has 3 N–H and O–H groups in total. The van der Waals surface area contributed by atoms with Crippen LogP contribution in [0.5, 0.6) is 23.0 Å². The van der Waals surface area contributed by atoms with E-state index in [0.717, 1.165) is 35.2 Å². The number of phenolic OH excluding ortho intramolecular Hbond substituents is 3. The first-order chi connectivity index (χ1) is 30.1. The van der Waals surface area contributed by atoms with Gasteiger partial charge in [0.2, 0.25) is 0 Å². The molecule has 0 fully saturated rings. The molecule has 8 rings (SSSR count). The number of phenols is 3. The van der Waals surface area contributed by atoms with Gasteiger partial charge < -0.3 is 20.4 Å². The summed E-state index contributed by atoms with van der Waals surface area (Å²) in [6.07, 6.45) is 4.10. The van der Waals surface area contributed by atoms with Crippen molar-refractivity contribution >= 4 is 12.6 Å². The largest absolute Gasteiger partial charge is 0.872 e. The van der Waals surface area contributed by atoms with Crippen molar-refractivity contribution in [1.82, 2.24) is 0 Å². The zero-order valence-corrected chi connectivity index (χ0v) is 36.7. The van der Waals surface area contributed by atoms with Crippen molar-refractivity contribution in [2.75, 3.05) is 0 Å². The lowest BCUT2D eigenvalue weighted by Gasteiger charge is -2.28. The molecule has 1 atom stereocenters. The summed E-state index contributed by atoms with van der Waals surface area (Å²) < 4.78 is 0. The average molecular weight is 835 g/mol. The molecular weight excluding hydrogens is 780 g/mol. The first kappa shape index (κ1) is 43.5. The van der Waals surface area contributed by atoms with Crippen molar-refractivity contribution in [1.29, 1.82) is 0 Å². The van der Waals surface area contributed by atoms with E-state index in [1.165, 1.54) is 22.0 Å². The molecule has 0 aliphatic rings. The van der Waals surface area contributed by atoms with Crippen LogP contribution in [0.3, 0.4) is 0 Å². The van der Waals surface area contributed by atoms with Crippen LogP contribution in [0.4, 0.5) is 0 Å². The molecule has 0 saturated heterocycles. The molecule has 0 aromatic heterocycles. The van der Waals surface area contributed by atoms with Gasteiger partial charge in [-0.3, -0.25) is 0 Å². The fraction of sp³-hybridized carbons (Fsp3) is 0.158. The van der Waals surface area contributed by atoms with Crippen molar-refractivity contribution in [3.63, 3.8) is 0 Å². The predicted octanol–water partition coefficient (Wildman–Crippen LogP) is 12.8. The predicted molar refractivity (Wildman–Crippen MR) is 256 cm³/mol. The van der Waals surface area contributed by atoms with Gasteiger partial charge in [-0.05, 0) is 77.1 Å². The van der Waals surface area contributed by atoms with Crippen molar-refractivity contribution < 1.29 is 20.4 Å². The smallest absolute Gasteiger partial charge is 0.122 e. The van der Waals surface area contributed by atoms with Crippen molar-refractivity contribution in [2.24, 2.45) is 0 Å². The second-order valence-electron chi connectivity index (χ2n) is 16.4. The Morgan fingerprint density at radius 3 is 1.31 bits per heavy atom. The molecule has 8 aromatic carbocycles. The Kier molecular flexibility index (Phi) is 14.2. The molecule has 0 heterocycles. The molecule has 0 spiro atoms. The lowest BCUT2D eigenvalue weighted by molar-refractivity contribution is -0.270. The average Bonchev–Trinajstić information content (AvgIpc) is 3.29. The topological polar surface area (TPSA) is 83.8 Å². The summed E-state index contributed by atoms with van der Waals surface area (Å²) in [6.45, 7) is 5.82. The molecule has 0 aliphatic carbocycles. The quantitative estimate of drug-likeness (QED) is 0.101. The van der Waals surface area contributed by atoms with Crippen LogP contribution in [0.25, 0.3) is 0 Å². The monoisotopic (exact) mass is 834 g/mol. The number of aryl methyl sites for hydroxylation is 2. The van der Waals surface area contributed by atoms with Gasteiger partial charge in [-0.15, -0.1) is 5.75 Å². The highest BCUT2D eigenvalue weighted by Crippen LogP contribution is 2.65. The summed E-state index contributed by atoms with van der Waals surface area (Å²) in [5.74, 6) is 0.0873. The van der Waals surface area contributed by atoms with Crippen molar-refractivity contribution in [2.45, 2.75) is 58.0 Å². The van der Waals surface area contributed by atoms with E-state index >= 15 is 0 Å². The minimum absolute atomic E-state index is 0.0861. The van der Waals surface area contributed by atoms with Crippen LogP contribution in [-0.4, -0.2) is 15.3 Å². The molecule has 5 heteroatoms. The van der Waals surface area contributed by atoms with Crippen LogP contribution in [0, 0.1) is 13.8 Å². The van der Waals surface area contributed by atoms with Crippen LogP contribution < -0.4 is 10.4 Å². The molecular formula is C57H55O4P. The van der Waals surface area contributed by atoms with Gasteiger partial charge in [-0.1, -0.05) is 193 Å². The van der Waals surface area contributed by atoms with Gasteiger partial charge in [0.05, 0.1) is 31.1 Å². The van der Waals surface area contributed by atoms with E-state index in [4.69, 9.17) is 0 Å². The van der Waals surface area contributed by atoms with Gasteiger partial charge in [-0.25, -0.2) is 0 Å². The van der Waals surface area contributed by atoms with E-state index in [2.05, 4.69) is 121 Å². The summed E-state index contributed by atoms with van der Waals surface area (Å²) in [6, 6.07) is 66.0. The molecule has 0 bridgehead atoms. The zero-order chi connectivity index (χ0) is 43.5. The number of hydrogen-bond acceptors (Lipinski definition) is 4. The summed E-state index contributed by atoms with van der Waals surface area (Å²) in [5, 5.41) is 46.4. The Morgan fingerprint density at radius 2 is 0.839 bits per heavy atom. The maximum Gasteiger partial charge on any atom is 0.122 e. The first-order valence-electron chi connectivity index (χ1n) is 21.3. The van der Waals surface area contributed by atoms with Gasteiger partial charge in [0.15, 0.2) is 0 Å². The minimum atomic E-state index is -1.51. The number of para-hydroxylation sites is 2. The number of rotatable bonds is 13. The maximum absolute atomic E-state index is 13.4.